The SMILES string of the molecule is CC(=O)OCC1CN(C(C)=O)C1. The number of esters is 1. The maximum atomic E-state index is 10.7. The Balaban J connectivity index is 2.10. The average Bonchev–Trinajstić information content (AvgIpc) is 1.82. The molecular formula is C8H13NO3. The van der Waals surface area contributed by atoms with Gasteiger partial charge in [0.2, 0.25) is 5.91 Å². The van der Waals surface area contributed by atoms with Crippen LogP contribution in [0, 0.1) is 5.92 Å². The maximum absolute atomic E-state index is 10.7. The van der Waals surface area contributed by atoms with Gasteiger partial charge in [-0.15, -0.1) is 0 Å². The van der Waals surface area contributed by atoms with E-state index in [1.165, 1.54) is 6.92 Å². The Bertz CT molecular complexity index is 194. The van der Waals surface area contributed by atoms with Crippen LogP contribution in [0.1, 0.15) is 13.8 Å². The van der Waals surface area contributed by atoms with Gasteiger partial charge in [-0.3, -0.25) is 9.59 Å². The quantitative estimate of drug-likeness (QED) is 0.550. The monoisotopic (exact) mass is 171 g/mol. The molecule has 68 valence electrons. The van der Waals surface area contributed by atoms with Gasteiger partial charge in [-0.1, -0.05) is 0 Å². The van der Waals surface area contributed by atoms with Gasteiger partial charge in [0.15, 0.2) is 0 Å². The Morgan fingerprint density at radius 3 is 2.42 bits per heavy atom. The molecule has 0 atom stereocenters. The first-order valence-corrected chi connectivity index (χ1v) is 3.98. The molecule has 1 heterocycles. The predicted octanol–water partition coefficient (Wildman–Crippen LogP) is 0.0278. The Hall–Kier alpha value is -1.06. The molecule has 1 saturated heterocycles. The fraction of sp³-hybridized carbons (Fsp3) is 0.750. The molecule has 0 aromatic heterocycles. The fourth-order valence-electron chi connectivity index (χ4n) is 1.17. The highest BCUT2D eigenvalue weighted by atomic mass is 16.5. The van der Waals surface area contributed by atoms with Crippen molar-refractivity contribution in [2.45, 2.75) is 13.8 Å². The molecule has 0 saturated carbocycles. The number of hydrogen-bond donors (Lipinski definition) is 0. The topological polar surface area (TPSA) is 46.6 Å². The number of carbonyl (C=O) groups excluding carboxylic acids is 2. The molecule has 0 radical (unpaired) electrons. The molecule has 1 aliphatic rings. The van der Waals surface area contributed by atoms with E-state index in [2.05, 4.69) is 0 Å². The third-order valence-electron chi connectivity index (χ3n) is 1.92. The van der Waals surface area contributed by atoms with Crippen LogP contribution >= 0.6 is 0 Å². The van der Waals surface area contributed by atoms with E-state index < -0.39 is 0 Å². The number of rotatable bonds is 2. The Morgan fingerprint density at radius 2 is 2.00 bits per heavy atom. The summed E-state index contributed by atoms with van der Waals surface area (Å²) in [5.41, 5.74) is 0. The predicted molar refractivity (Wildman–Crippen MR) is 42.4 cm³/mol. The summed E-state index contributed by atoms with van der Waals surface area (Å²) >= 11 is 0. The van der Waals surface area contributed by atoms with Crippen molar-refractivity contribution in [2.75, 3.05) is 19.7 Å². The number of hydrogen-bond acceptors (Lipinski definition) is 3. The summed E-state index contributed by atoms with van der Waals surface area (Å²) in [5.74, 6) is 0.183. The summed E-state index contributed by atoms with van der Waals surface area (Å²) in [5, 5.41) is 0. The van der Waals surface area contributed by atoms with Crippen LogP contribution in [0.2, 0.25) is 0 Å². The van der Waals surface area contributed by atoms with Gasteiger partial charge in [0.25, 0.3) is 0 Å². The van der Waals surface area contributed by atoms with E-state index in [0.717, 1.165) is 13.1 Å². The van der Waals surface area contributed by atoms with Crippen molar-refractivity contribution in [3.05, 3.63) is 0 Å². The lowest BCUT2D eigenvalue weighted by Gasteiger charge is -2.37. The van der Waals surface area contributed by atoms with Gasteiger partial charge < -0.3 is 9.64 Å². The van der Waals surface area contributed by atoms with Crippen LogP contribution in [-0.4, -0.2) is 36.5 Å². The zero-order valence-electron chi connectivity index (χ0n) is 7.37. The molecule has 1 aliphatic heterocycles. The highest BCUT2D eigenvalue weighted by Gasteiger charge is 2.28. The van der Waals surface area contributed by atoms with E-state index in [9.17, 15) is 9.59 Å². The maximum Gasteiger partial charge on any atom is 0.302 e. The first-order valence-electron chi connectivity index (χ1n) is 3.98. The molecule has 0 spiro atoms. The van der Waals surface area contributed by atoms with E-state index >= 15 is 0 Å². The second-order valence-electron chi connectivity index (χ2n) is 3.09. The molecule has 1 fully saturated rings. The number of likely N-dealkylation sites (tertiary alicyclic amines) is 1. The zero-order chi connectivity index (χ0) is 9.14. The van der Waals surface area contributed by atoms with Gasteiger partial charge in [-0.05, 0) is 0 Å². The number of amides is 1. The van der Waals surface area contributed by atoms with Crippen molar-refractivity contribution in [3.8, 4) is 0 Å². The van der Waals surface area contributed by atoms with Crippen LogP contribution < -0.4 is 0 Å². The Kier molecular flexibility index (Phi) is 2.68. The van der Waals surface area contributed by atoms with E-state index in [-0.39, 0.29) is 11.9 Å². The van der Waals surface area contributed by atoms with Gasteiger partial charge in [0.05, 0.1) is 6.61 Å². The van der Waals surface area contributed by atoms with Gasteiger partial charge in [0, 0.05) is 32.9 Å². The summed E-state index contributed by atoms with van der Waals surface area (Å²) in [4.78, 5) is 22.9. The summed E-state index contributed by atoms with van der Waals surface area (Å²) in [6, 6.07) is 0. The molecule has 4 nitrogen and oxygen atoms in total. The third kappa shape index (κ3) is 2.22. The van der Waals surface area contributed by atoms with Crippen LogP contribution in [0.3, 0.4) is 0 Å². The molecular weight excluding hydrogens is 158 g/mol. The van der Waals surface area contributed by atoms with E-state index in [1.54, 1.807) is 11.8 Å². The molecule has 0 aliphatic carbocycles. The van der Waals surface area contributed by atoms with Crippen LogP contribution in [0.4, 0.5) is 0 Å². The third-order valence-corrected chi connectivity index (χ3v) is 1.92. The summed E-state index contributed by atoms with van der Waals surface area (Å²) in [6.45, 7) is 4.83. The highest BCUT2D eigenvalue weighted by molar-refractivity contribution is 5.74. The molecule has 0 unspecified atom stereocenters. The van der Waals surface area contributed by atoms with E-state index in [1.807, 2.05) is 0 Å². The van der Waals surface area contributed by atoms with Crippen molar-refractivity contribution in [1.82, 2.24) is 4.90 Å². The van der Waals surface area contributed by atoms with Crippen molar-refractivity contribution in [3.63, 3.8) is 0 Å². The summed E-state index contributed by atoms with van der Waals surface area (Å²) in [7, 11) is 0. The summed E-state index contributed by atoms with van der Waals surface area (Å²) in [6.07, 6.45) is 0. The molecule has 0 aromatic carbocycles. The minimum Gasteiger partial charge on any atom is -0.465 e. The lowest BCUT2D eigenvalue weighted by Crippen LogP contribution is -2.50. The zero-order valence-corrected chi connectivity index (χ0v) is 7.37. The van der Waals surface area contributed by atoms with Crippen LogP contribution in [0.15, 0.2) is 0 Å². The fourth-order valence-corrected chi connectivity index (χ4v) is 1.17. The largest absolute Gasteiger partial charge is 0.465 e. The second kappa shape index (κ2) is 3.56. The molecule has 4 heteroatoms. The molecule has 0 N–H and O–H groups in total. The molecule has 0 bridgehead atoms. The average molecular weight is 171 g/mol. The standard InChI is InChI=1S/C8H13NO3/c1-6(10)9-3-8(4-9)5-12-7(2)11/h8H,3-5H2,1-2H3. The molecule has 12 heavy (non-hydrogen) atoms. The van der Waals surface area contributed by atoms with Crippen molar-refractivity contribution >= 4 is 11.9 Å². The smallest absolute Gasteiger partial charge is 0.302 e. The first kappa shape index (κ1) is 9.03. The Labute approximate surface area is 71.5 Å². The van der Waals surface area contributed by atoms with Crippen molar-refractivity contribution in [1.29, 1.82) is 0 Å². The minimum absolute atomic E-state index is 0.0917. The van der Waals surface area contributed by atoms with E-state index in [0.29, 0.717) is 12.5 Å². The summed E-state index contributed by atoms with van der Waals surface area (Å²) < 4.78 is 4.80. The molecule has 1 rings (SSSR count). The van der Waals surface area contributed by atoms with Crippen molar-refractivity contribution in [2.24, 2.45) is 5.92 Å². The highest BCUT2D eigenvalue weighted by Crippen LogP contribution is 2.15. The van der Waals surface area contributed by atoms with Crippen LogP contribution in [-0.2, 0) is 14.3 Å². The van der Waals surface area contributed by atoms with E-state index in [4.69, 9.17) is 4.74 Å². The number of carbonyl (C=O) groups is 2. The van der Waals surface area contributed by atoms with Gasteiger partial charge in [-0.25, -0.2) is 0 Å². The molecule has 0 aromatic rings. The normalized spacial score (nSPS) is 17.0. The lowest BCUT2D eigenvalue weighted by atomic mass is 10.0. The first-order chi connectivity index (χ1) is 5.59. The number of nitrogens with zero attached hydrogens (tertiary/aromatic N) is 1. The van der Waals surface area contributed by atoms with Gasteiger partial charge >= 0.3 is 5.97 Å². The van der Waals surface area contributed by atoms with Gasteiger partial charge in [-0.2, -0.15) is 0 Å². The van der Waals surface area contributed by atoms with Crippen molar-refractivity contribution < 1.29 is 14.3 Å². The molecule has 1 amide bonds. The number of ether oxygens (including phenoxy) is 1. The van der Waals surface area contributed by atoms with Crippen LogP contribution in [0.25, 0.3) is 0 Å². The van der Waals surface area contributed by atoms with Crippen LogP contribution in [0.5, 0.6) is 0 Å². The Morgan fingerprint density at radius 1 is 1.42 bits per heavy atom. The minimum atomic E-state index is -0.253. The van der Waals surface area contributed by atoms with Gasteiger partial charge in [0.1, 0.15) is 0 Å². The second-order valence-corrected chi connectivity index (χ2v) is 3.09. The lowest BCUT2D eigenvalue weighted by molar-refractivity contribution is -0.146.